The Kier molecular flexibility index (Phi) is 6.96. The Balaban J connectivity index is 1.29. The van der Waals surface area contributed by atoms with Gasteiger partial charge in [-0.05, 0) is 78.8 Å². The van der Waals surface area contributed by atoms with Gasteiger partial charge in [0.25, 0.3) is 0 Å². The van der Waals surface area contributed by atoms with E-state index in [1.165, 1.54) is 12.1 Å². The molecule has 0 spiro atoms. The Hall–Kier alpha value is -2.70. The van der Waals surface area contributed by atoms with Crippen molar-refractivity contribution in [3.63, 3.8) is 0 Å². The fourth-order valence-electron chi connectivity index (χ4n) is 6.15. The molecule has 2 saturated carbocycles. The lowest BCUT2D eigenvalue weighted by Gasteiger charge is -2.36. The van der Waals surface area contributed by atoms with Crippen molar-refractivity contribution < 1.29 is 40.1 Å². The monoisotopic (exact) mass is 588 g/mol. The summed E-state index contributed by atoms with van der Waals surface area (Å²) in [5.74, 6) is -2.28. The first kappa shape index (κ1) is 27.9. The van der Waals surface area contributed by atoms with Gasteiger partial charge in [-0.1, -0.05) is 23.7 Å². The van der Waals surface area contributed by atoms with E-state index in [2.05, 4.69) is 14.1 Å². The molecular weight excluding hydrogens is 564 g/mol. The fraction of sp³-hybridized carbons (Fsp3) is 0.462. The maximum atomic E-state index is 15.1. The molecule has 39 heavy (non-hydrogen) atoms. The third-order valence-electron chi connectivity index (χ3n) is 8.17. The summed E-state index contributed by atoms with van der Waals surface area (Å²) >= 11 is 6.02. The number of aliphatic carboxylic acids is 1. The second-order valence-corrected chi connectivity index (χ2v) is 12.6. The first-order valence-electron chi connectivity index (χ1n) is 12.3. The Labute approximate surface area is 227 Å². The van der Waals surface area contributed by atoms with E-state index in [0.717, 1.165) is 62.0 Å². The average Bonchev–Trinajstić information content (AvgIpc) is 3.43. The van der Waals surface area contributed by atoms with Crippen molar-refractivity contribution in [2.75, 3.05) is 13.1 Å². The molecule has 2 aliphatic carbocycles. The van der Waals surface area contributed by atoms with Crippen molar-refractivity contribution in [1.82, 2.24) is 9.88 Å². The molecule has 2 bridgehead atoms. The SMILES string of the molecule is O=C(O)C12CCC(CN3CCc4cc(/C(F)=C/c5cccc(OS(=O)(=O)C(F)(F)F)c5Cl)ncc4C3)(CC1)C2. The molecule has 3 aliphatic rings. The number of pyridine rings is 1. The quantitative estimate of drug-likeness (QED) is 0.247. The van der Waals surface area contributed by atoms with Gasteiger partial charge in [-0.2, -0.15) is 21.6 Å². The number of hydrogen-bond acceptors (Lipinski definition) is 6. The maximum absolute atomic E-state index is 15.1. The van der Waals surface area contributed by atoms with E-state index in [0.29, 0.717) is 19.4 Å². The average molecular weight is 589 g/mol. The second-order valence-electron chi connectivity index (χ2n) is 10.7. The molecule has 13 heteroatoms. The zero-order valence-electron chi connectivity index (χ0n) is 20.6. The highest BCUT2D eigenvalue weighted by Crippen LogP contribution is 2.62. The van der Waals surface area contributed by atoms with Crippen LogP contribution in [0.5, 0.6) is 5.75 Å². The zero-order valence-corrected chi connectivity index (χ0v) is 22.2. The summed E-state index contributed by atoms with van der Waals surface area (Å²) in [6.07, 6.45) is 7.16. The minimum absolute atomic E-state index is 0.00363. The summed E-state index contributed by atoms with van der Waals surface area (Å²) in [6, 6.07) is 5.04. The molecule has 1 aromatic heterocycles. The van der Waals surface area contributed by atoms with E-state index >= 15 is 4.39 Å². The Morgan fingerprint density at radius 2 is 1.92 bits per heavy atom. The molecule has 2 heterocycles. The number of carbonyl (C=O) groups is 1. The lowest BCUT2D eigenvalue weighted by atomic mass is 9.81. The first-order valence-corrected chi connectivity index (χ1v) is 14.1. The summed E-state index contributed by atoms with van der Waals surface area (Å²) in [6.45, 7) is 2.18. The number of fused-ring (bicyclic) bond motifs is 3. The summed E-state index contributed by atoms with van der Waals surface area (Å²) in [7, 11) is -5.94. The topological polar surface area (TPSA) is 96.8 Å². The molecule has 0 saturated heterocycles. The van der Waals surface area contributed by atoms with Crippen LogP contribution in [0.4, 0.5) is 17.6 Å². The van der Waals surface area contributed by atoms with Gasteiger partial charge < -0.3 is 9.29 Å². The number of halogens is 5. The van der Waals surface area contributed by atoms with E-state index in [-0.39, 0.29) is 16.7 Å². The van der Waals surface area contributed by atoms with Gasteiger partial charge in [0.05, 0.1) is 16.1 Å². The van der Waals surface area contributed by atoms with Crippen molar-refractivity contribution in [1.29, 1.82) is 0 Å². The summed E-state index contributed by atoms with van der Waals surface area (Å²) < 4.78 is 79.9. The number of benzene rings is 1. The molecule has 2 fully saturated rings. The number of rotatable bonds is 7. The first-order chi connectivity index (χ1) is 18.2. The zero-order chi connectivity index (χ0) is 28.2. The highest BCUT2D eigenvalue weighted by atomic mass is 35.5. The van der Waals surface area contributed by atoms with Crippen LogP contribution in [0.3, 0.4) is 0 Å². The van der Waals surface area contributed by atoms with Gasteiger partial charge in [0, 0.05) is 25.8 Å². The lowest BCUT2D eigenvalue weighted by molar-refractivity contribution is -0.148. The van der Waals surface area contributed by atoms with Crippen LogP contribution in [0.25, 0.3) is 11.9 Å². The van der Waals surface area contributed by atoms with E-state index < -0.39 is 43.6 Å². The predicted octanol–water partition coefficient (Wildman–Crippen LogP) is 5.82. The van der Waals surface area contributed by atoms with Gasteiger partial charge in [0.15, 0.2) is 5.75 Å². The van der Waals surface area contributed by atoms with E-state index in [9.17, 15) is 31.5 Å². The van der Waals surface area contributed by atoms with Crippen molar-refractivity contribution in [3.05, 3.63) is 57.9 Å². The van der Waals surface area contributed by atoms with Crippen LogP contribution in [0.15, 0.2) is 30.5 Å². The minimum Gasteiger partial charge on any atom is -0.481 e. The van der Waals surface area contributed by atoms with E-state index in [4.69, 9.17) is 11.6 Å². The second kappa shape index (κ2) is 9.74. The van der Waals surface area contributed by atoms with Gasteiger partial charge in [-0.3, -0.25) is 14.7 Å². The lowest BCUT2D eigenvalue weighted by Crippen LogP contribution is -2.38. The highest BCUT2D eigenvalue weighted by molar-refractivity contribution is 7.88. The molecule has 1 N–H and O–H groups in total. The molecule has 5 rings (SSSR count). The summed E-state index contributed by atoms with van der Waals surface area (Å²) in [5, 5.41) is 9.17. The molecule has 2 aromatic rings. The van der Waals surface area contributed by atoms with Crippen molar-refractivity contribution >= 4 is 39.6 Å². The normalized spacial score (nSPS) is 25.5. The number of alkyl halides is 3. The molecule has 1 aromatic carbocycles. The largest absolute Gasteiger partial charge is 0.534 e. The Morgan fingerprint density at radius 1 is 1.21 bits per heavy atom. The number of aromatic nitrogens is 1. The van der Waals surface area contributed by atoms with E-state index in [1.807, 2.05) is 0 Å². The van der Waals surface area contributed by atoms with Crippen LogP contribution in [-0.4, -0.2) is 48.0 Å². The van der Waals surface area contributed by atoms with Crippen molar-refractivity contribution in [3.8, 4) is 5.75 Å². The van der Waals surface area contributed by atoms with E-state index in [1.54, 1.807) is 12.3 Å². The smallest absolute Gasteiger partial charge is 0.481 e. The molecule has 0 atom stereocenters. The number of hydrogen-bond donors (Lipinski definition) is 1. The maximum Gasteiger partial charge on any atom is 0.534 e. The molecule has 0 amide bonds. The minimum atomic E-state index is -5.94. The summed E-state index contributed by atoms with van der Waals surface area (Å²) in [4.78, 5) is 18.3. The van der Waals surface area contributed by atoms with Gasteiger partial charge >= 0.3 is 21.6 Å². The van der Waals surface area contributed by atoms with Crippen LogP contribution in [-0.2, 0) is 27.9 Å². The standard InChI is InChI=1S/C26H25ClF4N2O5S/c27-22-17(2-1-3-21(22)38-39(36,37)26(29,30)31)10-19(28)20-11-16-4-9-33(13-18(16)12-32-20)15-24-5-7-25(14-24,8-6-24)23(34)35/h1-3,10-12H,4-9,13-15H2,(H,34,35)/b19-10-. The van der Waals surface area contributed by atoms with Crippen LogP contribution < -0.4 is 4.18 Å². The molecule has 210 valence electrons. The van der Waals surface area contributed by atoms with Crippen LogP contribution in [0, 0.1) is 10.8 Å². The third-order valence-corrected chi connectivity index (χ3v) is 9.54. The molecule has 0 unspecified atom stereocenters. The van der Waals surface area contributed by atoms with Crippen LogP contribution in [0.2, 0.25) is 5.02 Å². The molecule has 1 aliphatic heterocycles. The Bertz CT molecular complexity index is 1450. The van der Waals surface area contributed by atoms with Crippen LogP contribution >= 0.6 is 11.6 Å². The number of carboxylic acid groups (broad SMARTS) is 1. The van der Waals surface area contributed by atoms with Crippen LogP contribution in [0.1, 0.15) is 54.5 Å². The molecule has 0 radical (unpaired) electrons. The van der Waals surface area contributed by atoms with Gasteiger partial charge in [-0.25, -0.2) is 4.39 Å². The molecular formula is C26H25ClF4N2O5S. The van der Waals surface area contributed by atoms with Crippen molar-refractivity contribution in [2.45, 2.75) is 50.6 Å². The molecule has 7 nitrogen and oxygen atoms in total. The Morgan fingerprint density at radius 3 is 2.56 bits per heavy atom. The highest BCUT2D eigenvalue weighted by Gasteiger charge is 2.58. The fourth-order valence-corrected chi connectivity index (χ4v) is 6.89. The number of nitrogens with zero attached hydrogens (tertiary/aromatic N) is 2. The van der Waals surface area contributed by atoms with Gasteiger partial charge in [-0.15, -0.1) is 0 Å². The number of carboxylic acids is 1. The van der Waals surface area contributed by atoms with Gasteiger partial charge in [0.2, 0.25) is 0 Å². The van der Waals surface area contributed by atoms with Crippen molar-refractivity contribution in [2.24, 2.45) is 10.8 Å². The summed E-state index contributed by atoms with van der Waals surface area (Å²) in [5.41, 5.74) is -4.42. The third kappa shape index (κ3) is 5.26. The van der Waals surface area contributed by atoms with Gasteiger partial charge in [0.1, 0.15) is 5.83 Å². The predicted molar refractivity (Wildman–Crippen MR) is 135 cm³/mol.